The molecule has 3 atom stereocenters. The molecule has 2 amide bonds. The molecule has 0 aromatic heterocycles. The van der Waals surface area contributed by atoms with E-state index in [4.69, 9.17) is 14.6 Å². The number of amides is 2. The molecule has 0 saturated carbocycles. The lowest BCUT2D eigenvalue weighted by Crippen LogP contribution is -2.52. The highest BCUT2D eigenvalue weighted by Crippen LogP contribution is 2.15. The number of ether oxygens (including phenoxy) is 2. The van der Waals surface area contributed by atoms with Gasteiger partial charge in [0.15, 0.2) is 0 Å². The lowest BCUT2D eigenvalue weighted by atomic mass is 10.0. The quantitative estimate of drug-likeness (QED) is 0.714. The molecule has 20 heavy (non-hydrogen) atoms. The number of carboxylic acids is 1. The first-order valence-corrected chi connectivity index (χ1v) is 6.87. The number of carboxylic acid groups (broad SMARTS) is 1. The molecule has 1 rings (SSSR count). The molecule has 0 aromatic rings. The number of carbonyl (C=O) groups excluding carboxylic acids is 1. The molecule has 3 unspecified atom stereocenters. The summed E-state index contributed by atoms with van der Waals surface area (Å²) in [6, 6.07) is -0.678. The average Bonchev–Trinajstić information content (AvgIpc) is 2.87. The van der Waals surface area contributed by atoms with E-state index in [0.717, 1.165) is 6.42 Å². The van der Waals surface area contributed by atoms with Gasteiger partial charge in [-0.15, -0.1) is 0 Å². The van der Waals surface area contributed by atoms with Crippen LogP contribution in [0.4, 0.5) is 4.79 Å². The van der Waals surface area contributed by atoms with Crippen molar-refractivity contribution in [2.24, 2.45) is 5.92 Å². The number of carbonyl (C=O) groups is 2. The van der Waals surface area contributed by atoms with Crippen LogP contribution in [0.3, 0.4) is 0 Å². The van der Waals surface area contributed by atoms with E-state index in [2.05, 4.69) is 5.32 Å². The third-order valence-electron chi connectivity index (χ3n) is 3.63. The van der Waals surface area contributed by atoms with Crippen molar-refractivity contribution < 1.29 is 24.2 Å². The van der Waals surface area contributed by atoms with Crippen LogP contribution in [0.25, 0.3) is 0 Å². The van der Waals surface area contributed by atoms with Crippen LogP contribution in [-0.4, -0.2) is 67.6 Å². The van der Waals surface area contributed by atoms with Gasteiger partial charge < -0.3 is 24.8 Å². The van der Waals surface area contributed by atoms with Gasteiger partial charge in [-0.25, -0.2) is 4.79 Å². The summed E-state index contributed by atoms with van der Waals surface area (Å²) >= 11 is 0. The van der Waals surface area contributed by atoms with Gasteiger partial charge >= 0.3 is 12.0 Å². The molecular weight excluding hydrogens is 264 g/mol. The molecule has 0 bridgehead atoms. The number of hydrogen-bond acceptors (Lipinski definition) is 4. The predicted octanol–water partition coefficient (Wildman–Crippen LogP) is 0.543. The Morgan fingerprint density at radius 1 is 1.50 bits per heavy atom. The molecule has 1 heterocycles. The molecule has 0 radical (unpaired) electrons. The van der Waals surface area contributed by atoms with Crippen molar-refractivity contribution in [1.29, 1.82) is 0 Å². The van der Waals surface area contributed by atoms with Crippen molar-refractivity contribution in [3.05, 3.63) is 0 Å². The van der Waals surface area contributed by atoms with Crippen molar-refractivity contribution in [1.82, 2.24) is 10.2 Å². The number of rotatable bonds is 7. The van der Waals surface area contributed by atoms with Crippen LogP contribution < -0.4 is 5.32 Å². The standard InChI is InChI=1S/C13H24N2O5/c1-4-9(2)15(5-6-19-3)13(18)14-11-8-20-7-10(11)12(16)17/h9-11H,4-8H2,1-3H3,(H,14,18)(H,16,17). The van der Waals surface area contributed by atoms with Gasteiger partial charge in [0.2, 0.25) is 0 Å². The summed E-state index contributed by atoms with van der Waals surface area (Å²) in [6.07, 6.45) is 0.820. The van der Waals surface area contributed by atoms with E-state index in [1.165, 1.54) is 0 Å². The summed E-state index contributed by atoms with van der Waals surface area (Å²) in [6.45, 7) is 5.25. The number of methoxy groups -OCH3 is 1. The number of hydrogen-bond donors (Lipinski definition) is 2. The van der Waals surface area contributed by atoms with Crippen molar-refractivity contribution >= 4 is 12.0 Å². The summed E-state index contributed by atoms with van der Waals surface area (Å²) in [7, 11) is 1.58. The Hall–Kier alpha value is -1.34. The Kier molecular flexibility index (Phi) is 6.74. The van der Waals surface area contributed by atoms with E-state index in [0.29, 0.717) is 13.2 Å². The molecule has 0 aliphatic carbocycles. The summed E-state index contributed by atoms with van der Waals surface area (Å²) in [5, 5.41) is 11.8. The molecular formula is C13H24N2O5. The minimum absolute atomic E-state index is 0.0655. The lowest BCUT2D eigenvalue weighted by molar-refractivity contribution is -0.142. The minimum atomic E-state index is -0.945. The second-order valence-corrected chi connectivity index (χ2v) is 4.98. The fourth-order valence-electron chi connectivity index (χ4n) is 2.11. The third-order valence-corrected chi connectivity index (χ3v) is 3.63. The molecule has 0 spiro atoms. The highest BCUT2D eigenvalue weighted by atomic mass is 16.5. The average molecular weight is 288 g/mol. The van der Waals surface area contributed by atoms with Crippen LogP contribution in [-0.2, 0) is 14.3 Å². The van der Waals surface area contributed by atoms with E-state index in [9.17, 15) is 9.59 Å². The zero-order chi connectivity index (χ0) is 15.1. The van der Waals surface area contributed by atoms with Crippen LogP contribution in [0, 0.1) is 5.92 Å². The molecule has 116 valence electrons. The minimum Gasteiger partial charge on any atom is -0.481 e. The maximum atomic E-state index is 12.3. The Bertz CT molecular complexity index is 337. The fourth-order valence-corrected chi connectivity index (χ4v) is 2.11. The number of nitrogens with zero attached hydrogens (tertiary/aromatic N) is 1. The first kappa shape index (κ1) is 16.7. The van der Waals surface area contributed by atoms with Gasteiger partial charge in [0.1, 0.15) is 5.92 Å². The SMILES string of the molecule is CCC(C)N(CCOC)C(=O)NC1COCC1C(=O)O. The van der Waals surface area contributed by atoms with Gasteiger partial charge in [0.25, 0.3) is 0 Å². The summed E-state index contributed by atoms with van der Waals surface area (Å²) in [4.78, 5) is 25.0. The predicted molar refractivity (Wildman–Crippen MR) is 72.6 cm³/mol. The third kappa shape index (κ3) is 4.35. The first-order chi connectivity index (χ1) is 9.51. The Morgan fingerprint density at radius 3 is 2.75 bits per heavy atom. The Balaban J connectivity index is 2.62. The highest BCUT2D eigenvalue weighted by Gasteiger charge is 2.36. The number of aliphatic carboxylic acids is 1. The summed E-state index contributed by atoms with van der Waals surface area (Å²) < 4.78 is 10.1. The number of urea groups is 1. The van der Waals surface area contributed by atoms with E-state index in [1.54, 1.807) is 12.0 Å². The highest BCUT2D eigenvalue weighted by molar-refractivity contribution is 5.77. The van der Waals surface area contributed by atoms with Gasteiger partial charge in [-0.05, 0) is 13.3 Å². The maximum absolute atomic E-state index is 12.3. The van der Waals surface area contributed by atoms with E-state index in [-0.39, 0.29) is 25.3 Å². The van der Waals surface area contributed by atoms with Crippen molar-refractivity contribution in [2.45, 2.75) is 32.4 Å². The number of nitrogens with one attached hydrogen (secondary N) is 1. The fraction of sp³-hybridized carbons (Fsp3) is 0.846. The normalized spacial score (nSPS) is 23.4. The molecule has 1 fully saturated rings. The van der Waals surface area contributed by atoms with Crippen molar-refractivity contribution in [3.63, 3.8) is 0 Å². The smallest absolute Gasteiger partial charge is 0.318 e. The van der Waals surface area contributed by atoms with Crippen molar-refractivity contribution in [2.75, 3.05) is 33.5 Å². The zero-order valence-electron chi connectivity index (χ0n) is 12.3. The van der Waals surface area contributed by atoms with Crippen LogP contribution in [0.2, 0.25) is 0 Å². The lowest BCUT2D eigenvalue weighted by Gasteiger charge is -2.30. The molecule has 7 nitrogen and oxygen atoms in total. The topological polar surface area (TPSA) is 88.1 Å². The van der Waals surface area contributed by atoms with Crippen LogP contribution >= 0.6 is 0 Å². The summed E-state index contributed by atoms with van der Waals surface area (Å²) in [5.41, 5.74) is 0. The molecule has 0 aromatic carbocycles. The Morgan fingerprint density at radius 2 is 2.20 bits per heavy atom. The molecule has 1 aliphatic rings. The van der Waals surface area contributed by atoms with Crippen LogP contribution in [0.1, 0.15) is 20.3 Å². The van der Waals surface area contributed by atoms with Crippen LogP contribution in [0.5, 0.6) is 0 Å². The second-order valence-electron chi connectivity index (χ2n) is 4.98. The van der Waals surface area contributed by atoms with Crippen molar-refractivity contribution in [3.8, 4) is 0 Å². The largest absolute Gasteiger partial charge is 0.481 e. The maximum Gasteiger partial charge on any atom is 0.318 e. The second kappa shape index (κ2) is 8.06. The van der Waals surface area contributed by atoms with Gasteiger partial charge in [-0.1, -0.05) is 6.92 Å². The van der Waals surface area contributed by atoms with E-state index < -0.39 is 17.9 Å². The Labute approximate surface area is 119 Å². The van der Waals surface area contributed by atoms with Crippen LogP contribution in [0.15, 0.2) is 0 Å². The molecule has 2 N–H and O–H groups in total. The van der Waals surface area contributed by atoms with Gasteiger partial charge in [-0.2, -0.15) is 0 Å². The van der Waals surface area contributed by atoms with Gasteiger partial charge in [0, 0.05) is 19.7 Å². The molecule has 7 heteroatoms. The molecule has 1 saturated heterocycles. The monoisotopic (exact) mass is 288 g/mol. The van der Waals surface area contributed by atoms with Gasteiger partial charge in [-0.3, -0.25) is 4.79 Å². The first-order valence-electron chi connectivity index (χ1n) is 6.87. The summed E-state index contributed by atoms with van der Waals surface area (Å²) in [5.74, 6) is -1.63. The van der Waals surface area contributed by atoms with E-state index in [1.807, 2.05) is 13.8 Å². The zero-order valence-corrected chi connectivity index (χ0v) is 12.3. The van der Waals surface area contributed by atoms with E-state index >= 15 is 0 Å². The van der Waals surface area contributed by atoms with Gasteiger partial charge in [0.05, 0.1) is 25.9 Å². The molecule has 1 aliphatic heterocycles.